The number of nitrogens with zero attached hydrogens (tertiary/aromatic N) is 3. The van der Waals surface area contributed by atoms with Crippen LogP contribution in [-0.4, -0.2) is 53.5 Å². The van der Waals surface area contributed by atoms with Gasteiger partial charge in [-0.15, -0.1) is 11.3 Å². The maximum Gasteiger partial charge on any atom is 0.254 e. The summed E-state index contributed by atoms with van der Waals surface area (Å²) in [6.45, 7) is 6.74. The number of piperazine rings is 1. The van der Waals surface area contributed by atoms with E-state index in [0.29, 0.717) is 43.4 Å². The third kappa shape index (κ3) is 5.79. The van der Waals surface area contributed by atoms with Crippen molar-refractivity contribution in [2.24, 2.45) is 0 Å². The molecule has 3 aromatic rings. The number of aromatic nitrogens is 1. The van der Waals surface area contributed by atoms with Gasteiger partial charge in [-0.1, -0.05) is 17.7 Å². The van der Waals surface area contributed by atoms with E-state index in [1.54, 1.807) is 29.8 Å². The number of carbonyl (C=O) groups excluding carboxylic acids is 1. The number of ether oxygens (including phenoxy) is 2. The van der Waals surface area contributed by atoms with Crippen LogP contribution in [0.3, 0.4) is 0 Å². The average Bonchev–Trinajstić information content (AvgIpc) is 3.23. The first-order chi connectivity index (χ1) is 15.6. The van der Waals surface area contributed by atoms with Crippen LogP contribution in [0.1, 0.15) is 27.7 Å². The Morgan fingerprint density at radius 1 is 1.09 bits per heavy atom. The molecule has 0 spiro atoms. The maximum atomic E-state index is 13.1. The number of hydrogen-bond acceptors (Lipinski definition) is 6. The maximum absolute atomic E-state index is 13.1. The first-order valence-corrected chi connectivity index (χ1v) is 11.9. The fraction of sp³-hybridized carbons (Fsp3) is 0.333. The van der Waals surface area contributed by atoms with Crippen LogP contribution in [0.5, 0.6) is 11.5 Å². The van der Waals surface area contributed by atoms with Gasteiger partial charge in [0, 0.05) is 61.1 Å². The van der Waals surface area contributed by atoms with Gasteiger partial charge in [-0.2, -0.15) is 0 Å². The van der Waals surface area contributed by atoms with Gasteiger partial charge in [0.1, 0.15) is 6.61 Å². The Hall–Kier alpha value is -2.61. The normalized spacial score (nSPS) is 14.4. The van der Waals surface area contributed by atoms with Crippen molar-refractivity contribution in [2.75, 3.05) is 32.8 Å². The third-order valence-corrected chi connectivity index (χ3v) is 6.49. The van der Waals surface area contributed by atoms with Crippen molar-refractivity contribution in [1.29, 1.82) is 0 Å². The van der Waals surface area contributed by atoms with E-state index in [4.69, 9.17) is 21.1 Å². The van der Waals surface area contributed by atoms with Crippen LogP contribution in [-0.2, 0) is 13.2 Å². The second-order valence-electron chi connectivity index (χ2n) is 7.52. The summed E-state index contributed by atoms with van der Waals surface area (Å²) in [5.41, 5.74) is 1.58. The molecule has 0 N–H and O–H groups in total. The summed E-state index contributed by atoms with van der Waals surface area (Å²) in [5, 5.41) is 0. The minimum atomic E-state index is 0.0172. The van der Waals surface area contributed by atoms with Crippen LogP contribution in [0.25, 0.3) is 0 Å². The predicted molar refractivity (Wildman–Crippen MR) is 127 cm³/mol. The molecule has 0 bridgehead atoms. The SMILES string of the molecule is CCOc1cc(C(=O)N2CCN(Cc3ccc(Cl)s3)CC2)ccc1OCc1cccnc1. The van der Waals surface area contributed by atoms with Crippen molar-refractivity contribution in [3.05, 3.63) is 75.2 Å². The van der Waals surface area contributed by atoms with Gasteiger partial charge in [-0.3, -0.25) is 14.7 Å². The molecule has 168 valence electrons. The number of benzene rings is 1. The minimum Gasteiger partial charge on any atom is -0.490 e. The first-order valence-electron chi connectivity index (χ1n) is 10.7. The Morgan fingerprint density at radius 3 is 2.62 bits per heavy atom. The number of hydrogen-bond donors (Lipinski definition) is 0. The number of halogens is 1. The molecule has 8 heteroatoms. The Bertz CT molecular complexity index is 1040. The van der Waals surface area contributed by atoms with Gasteiger partial charge in [0.05, 0.1) is 10.9 Å². The standard InChI is InChI=1S/C24H26ClN3O3S/c1-2-30-22-14-19(5-7-21(22)31-17-18-4-3-9-26-15-18)24(29)28-12-10-27(11-13-28)16-20-6-8-23(25)32-20/h3-9,14-15H,2,10-13,16-17H2,1H3. The highest BCUT2D eigenvalue weighted by molar-refractivity contribution is 7.16. The molecule has 1 saturated heterocycles. The molecule has 0 saturated carbocycles. The summed E-state index contributed by atoms with van der Waals surface area (Å²) in [6.07, 6.45) is 3.50. The molecule has 0 aliphatic carbocycles. The van der Waals surface area contributed by atoms with Crippen LogP contribution in [0, 0.1) is 0 Å². The van der Waals surface area contributed by atoms with E-state index in [2.05, 4.69) is 16.0 Å². The number of thiophene rings is 1. The number of amides is 1. The lowest BCUT2D eigenvalue weighted by molar-refractivity contribution is 0.0629. The van der Waals surface area contributed by atoms with Crippen molar-refractivity contribution in [3.8, 4) is 11.5 Å². The summed E-state index contributed by atoms with van der Waals surface area (Å²) < 4.78 is 12.5. The molecule has 6 nitrogen and oxygen atoms in total. The highest BCUT2D eigenvalue weighted by Crippen LogP contribution is 2.30. The Kier molecular flexibility index (Phi) is 7.63. The topological polar surface area (TPSA) is 54.9 Å². The highest BCUT2D eigenvalue weighted by Gasteiger charge is 2.23. The zero-order chi connectivity index (χ0) is 22.3. The Labute approximate surface area is 197 Å². The van der Waals surface area contributed by atoms with Gasteiger partial charge in [0.2, 0.25) is 0 Å². The molecular formula is C24H26ClN3O3S. The Morgan fingerprint density at radius 2 is 1.94 bits per heavy atom. The van der Waals surface area contributed by atoms with Crippen molar-refractivity contribution in [3.63, 3.8) is 0 Å². The zero-order valence-electron chi connectivity index (χ0n) is 18.0. The molecule has 0 atom stereocenters. The van der Waals surface area contributed by atoms with Gasteiger partial charge in [0.25, 0.3) is 5.91 Å². The lowest BCUT2D eigenvalue weighted by Crippen LogP contribution is -2.48. The van der Waals surface area contributed by atoms with Crippen molar-refractivity contribution >= 4 is 28.8 Å². The van der Waals surface area contributed by atoms with Crippen molar-refractivity contribution in [2.45, 2.75) is 20.1 Å². The van der Waals surface area contributed by atoms with Gasteiger partial charge in [0.15, 0.2) is 11.5 Å². The first kappa shape index (κ1) is 22.6. The summed E-state index contributed by atoms with van der Waals surface area (Å²) in [7, 11) is 0. The van der Waals surface area contributed by atoms with Crippen molar-refractivity contribution < 1.29 is 14.3 Å². The largest absolute Gasteiger partial charge is 0.490 e. The summed E-state index contributed by atoms with van der Waals surface area (Å²) >= 11 is 7.64. The van der Waals surface area contributed by atoms with Crippen LogP contribution in [0.2, 0.25) is 4.34 Å². The summed E-state index contributed by atoms with van der Waals surface area (Å²) in [5.74, 6) is 1.21. The van der Waals surface area contributed by atoms with Crippen LogP contribution in [0.4, 0.5) is 0 Å². The van der Waals surface area contributed by atoms with Gasteiger partial charge < -0.3 is 14.4 Å². The van der Waals surface area contributed by atoms with E-state index < -0.39 is 0 Å². The van der Waals surface area contributed by atoms with E-state index in [-0.39, 0.29) is 5.91 Å². The lowest BCUT2D eigenvalue weighted by Gasteiger charge is -2.34. The summed E-state index contributed by atoms with van der Waals surface area (Å²) in [6, 6.07) is 13.2. The van der Waals surface area contributed by atoms with E-state index in [9.17, 15) is 4.79 Å². The number of pyridine rings is 1. The zero-order valence-corrected chi connectivity index (χ0v) is 19.6. The number of rotatable bonds is 8. The quantitative estimate of drug-likeness (QED) is 0.475. The molecule has 1 aromatic carbocycles. The molecule has 1 aliphatic heterocycles. The van der Waals surface area contributed by atoms with E-state index in [1.807, 2.05) is 42.2 Å². The molecule has 32 heavy (non-hydrogen) atoms. The lowest BCUT2D eigenvalue weighted by atomic mass is 10.1. The highest BCUT2D eigenvalue weighted by atomic mass is 35.5. The fourth-order valence-corrected chi connectivity index (χ4v) is 4.75. The molecule has 0 unspecified atom stereocenters. The predicted octanol–water partition coefficient (Wildman–Crippen LogP) is 4.73. The molecule has 0 radical (unpaired) electrons. The monoisotopic (exact) mass is 471 g/mol. The summed E-state index contributed by atoms with van der Waals surface area (Å²) in [4.78, 5) is 22.7. The molecule has 2 aromatic heterocycles. The van der Waals surface area contributed by atoms with Crippen LogP contribution < -0.4 is 9.47 Å². The Balaban J connectivity index is 1.37. The second-order valence-corrected chi connectivity index (χ2v) is 9.32. The molecule has 1 amide bonds. The van der Waals surface area contributed by atoms with E-state index >= 15 is 0 Å². The molecular weight excluding hydrogens is 446 g/mol. The third-order valence-electron chi connectivity index (χ3n) is 5.28. The van der Waals surface area contributed by atoms with Gasteiger partial charge >= 0.3 is 0 Å². The average molecular weight is 472 g/mol. The van der Waals surface area contributed by atoms with Gasteiger partial charge in [-0.05, 0) is 43.3 Å². The second kappa shape index (κ2) is 10.8. The molecule has 1 aliphatic rings. The minimum absolute atomic E-state index is 0.0172. The van der Waals surface area contributed by atoms with E-state index in [1.165, 1.54) is 4.88 Å². The smallest absolute Gasteiger partial charge is 0.254 e. The number of carbonyl (C=O) groups is 1. The van der Waals surface area contributed by atoms with Crippen LogP contribution >= 0.6 is 22.9 Å². The fourth-order valence-electron chi connectivity index (χ4n) is 3.62. The molecule has 4 rings (SSSR count). The molecule has 3 heterocycles. The van der Waals surface area contributed by atoms with E-state index in [0.717, 1.165) is 29.5 Å². The van der Waals surface area contributed by atoms with Gasteiger partial charge in [-0.25, -0.2) is 0 Å². The van der Waals surface area contributed by atoms with Crippen molar-refractivity contribution in [1.82, 2.24) is 14.8 Å². The molecule has 1 fully saturated rings. The van der Waals surface area contributed by atoms with Crippen LogP contribution in [0.15, 0.2) is 54.9 Å².